The van der Waals surface area contributed by atoms with Crippen molar-refractivity contribution in [3.8, 4) is 5.75 Å². The predicted molar refractivity (Wildman–Crippen MR) is 51.9 cm³/mol. The Morgan fingerprint density at radius 1 is 1.31 bits per heavy atom. The maximum absolute atomic E-state index is 9.08. The topological polar surface area (TPSA) is 52.5 Å². The molecule has 0 aromatic heterocycles. The lowest BCUT2D eigenvalue weighted by Gasteiger charge is -2.13. The van der Waals surface area contributed by atoms with E-state index in [0.717, 1.165) is 12.1 Å². The highest BCUT2D eigenvalue weighted by molar-refractivity contribution is 5.28. The maximum atomic E-state index is 9.08. The molecule has 0 saturated heterocycles. The number of phenolic OH excluding ortho intramolecular Hbond substituents is 1. The summed E-state index contributed by atoms with van der Waals surface area (Å²) >= 11 is 0. The second-order valence-corrected chi connectivity index (χ2v) is 3.03. The van der Waals surface area contributed by atoms with Crippen LogP contribution in [-0.4, -0.2) is 30.4 Å². The van der Waals surface area contributed by atoms with Gasteiger partial charge in [-0.2, -0.15) is 0 Å². The fourth-order valence-corrected chi connectivity index (χ4v) is 1.28. The van der Waals surface area contributed by atoms with Gasteiger partial charge < -0.3 is 15.5 Å². The van der Waals surface area contributed by atoms with E-state index in [0.29, 0.717) is 0 Å². The molecule has 3 N–H and O–H groups in total. The van der Waals surface area contributed by atoms with E-state index in [2.05, 4.69) is 5.32 Å². The lowest BCUT2D eigenvalue weighted by molar-refractivity contribution is 0.263. The van der Waals surface area contributed by atoms with Gasteiger partial charge in [-0.05, 0) is 24.7 Å². The first-order valence-electron chi connectivity index (χ1n) is 4.32. The molecule has 13 heavy (non-hydrogen) atoms. The van der Waals surface area contributed by atoms with E-state index in [9.17, 15) is 0 Å². The van der Waals surface area contributed by atoms with Crippen LogP contribution in [0.15, 0.2) is 24.3 Å². The zero-order valence-corrected chi connectivity index (χ0v) is 7.70. The van der Waals surface area contributed by atoms with Gasteiger partial charge in [0.15, 0.2) is 0 Å². The quantitative estimate of drug-likeness (QED) is 0.640. The van der Waals surface area contributed by atoms with Crippen LogP contribution in [0.2, 0.25) is 0 Å². The van der Waals surface area contributed by atoms with Gasteiger partial charge in [-0.3, -0.25) is 0 Å². The SMILES string of the molecule is CNCC(CO)c1ccc(O)cc1. The summed E-state index contributed by atoms with van der Waals surface area (Å²) in [6, 6.07) is 6.92. The molecule has 0 aliphatic rings. The molecule has 0 aliphatic carbocycles. The number of aromatic hydroxyl groups is 1. The first-order chi connectivity index (χ1) is 6.27. The molecule has 1 rings (SSSR count). The van der Waals surface area contributed by atoms with Crippen molar-refractivity contribution < 1.29 is 10.2 Å². The molecule has 0 amide bonds. The minimum absolute atomic E-state index is 0.102. The second kappa shape index (κ2) is 4.84. The third kappa shape index (κ3) is 2.72. The van der Waals surface area contributed by atoms with E-state index in [4.69, 9.17) is 10.2 Å². The Balaban J connectivity index is 2.73. The summed E-state index contributed by atoms with van der Waals surface area (Å²) in [5.41, 5.74) is 1.04. The summed E-state index contributed by atoms with van der Waals surface area (Å²) in [6.45, 7) is 0.854. The van der Waals surface area contributed by atoms with E-state index in [1.165, 1.54) is 0 Å². The third-order valence-corrected chi connectivity index (χ3v) is 2.04. The highest BCUT2D eigenvalue weighted by Crippen LogP contribution is 2.17. The second-order valence-electron chi connectivity index (χ2n) is 3.03. The normalized spacial score (nSPS) is 12.8. The molecule has 0 saturated carbocycles. The van der Waals surface area contributed by atoms with E-state index < -0.39 is 0 Å². The van der Waals surface area contributed by atoms with Crippen LogP contribution in [-0.2, 0) is 0 Å². The standard InChI is InChI=1S/C10H15NO2/c1-11-6-9(7-12)8-2-4-10(13)5-3-8/h2-5,9,11-13H,6-7H2,1H3. The highest BCUT2D eigenvalue weighted by atomic mass is 16.3. The summed E-state index contributed by atoms with van der Waals surface area (Å²) < 4.78 is 0. The van der Waals surface area contributed by atoms with E-state index in [-0.39, 0.29) is 18.3 Å². The average molecular weight is 181 g/mol. The third-order valence-electron chi connectivity index (χ3n) is 2.04. The fraction of sp³-hybridized carbons (Fsp3) is 0.400. The lowest BCUT2D eigenvalue weighted by Crippen LogP contribution is -2.19. The first kappa shape index (κ1) is 10.0. The zero-order valence-electron chi connectivity index (χ0n) is 7.70. The summed E-state index contributed by atoms with van der Waals surface area (Å²) in [6.07, 6.45) is 0. The fourth-order valence-electron chi connectivity index (χ4n) is 1.28. The first-order valence-corrected chi connectivity index (χ1v) is 4.32. The predicted octanol–water partition coefficient (Wildman–Crippen LogP) is 0.687. The van der Waals surface area contributed by atoms with Crippen LogP contribution in [0.5, 0.6) is 5.75 Å². The Morgan fingerprint density at radius 3 is 2.38 bits per heavy atom. The number of rotatable bonds is 4. The van der Waals surface area contributed by atoms with Crippen LogP contribution in [0.4, 0.5) is 0 Å². The molecular weight excluding hydrogens is 166 g/mol. The van der Waals surface area contributed by atoms with Gasteiger partial charge in [-0.25, -0.2) is 0 Å². The molecule has 1 aromatic rings. The van der Waals surface area contributed by atoms with Crippen molar-refractivity contribution in [2.24, 2.45) is 0 Å². The monoisotopic (exact) mass is 181 g/mol. The molecule has 0 bridgehead atoms. The van der Waals surface area contributed by atoms with Crippen molar-refractivity contribution in [3.63, 3.8) is 0 Å². The van der Waals surface area contributed by atoms with Gasteiger partial charge in [0.2, 0.25) is 0 Å². The number of benzene rings is 1. The Morgan fingerprint density at radius 2 is 1.92 bits per heavy atom. The number of likely N-dealkylation sites (N-methyl/N-ethyl adjacent to an activating group) is 1. The summed E-state index contributed by atoms with van der Waals surface area (Å²) in [5, 5.41) is 21.1. The number of aliphatic hydroxyl groups excluding tert-OH is 1. The molecule has 1 atom stereocenters. The van der Waals surface area contributed by atoms with Gasteiger partial charge in [-0.1, -0.05) is 12.1 Å². The van der Waals surface area contributed by atoms with Crippen molar-refractivity contribution >= 4 is 0 Å². The van der Waals surface area contributed by atoms with Crippen LogP contribution in [0.3, 0.4) is 0 Å². The molecular formula is C10H15NO2. The summed E-state index contributed by atoms with van der Waals surface area (Å²) in [4.78, 5) is 0. The lowest BCUT2D eigenvalue weighted by atomic mass is 10.00. The maximum Gasteiger partial charge on any atom is 0.115 e. The number of phenols is 1. The molecule has 0 spiro atoms. The molecule has 1 aromatic carbocycles. The summed E-state index contributed by atoms with van der Waals surface area (Å²) in [7, 11) is 1.85. The largest absolute Gasteiger partial charge is 0.508 e. The molecule has 3 heteroatoms. The van der Waals surface area contributed by atoms with Crippen LogP contribution in [0.25, 0.3) is 0 Å². The summed E-state index contributed by atoms with van der Waals surface area (Å²) in [5.74, 6) is 0.357. The average Bonchev–Trinajstić information content (AvgIpc) is 2.16. The van der Waals surface area contributed by atoms with Crippen molar-refractivity contribution in [1.29, 1.82) is 0 Å². The van der Waals surface area contributed by atoms with Crippen LogP contribution in [0.1, 0.15) is 11.5 Å². The van der Waals surface area contributed by atoms with Crippen molar-refractivity contribution in [2.75, 3.05) is 20.2 Å². The van der Waals surface area contributed by atoms with E-state index in [1.807, 2.05) is 19.2 Å². The van der Waals surface area contributed by atoms with Crippen molar-refractivity contribution in [3.05, 3.63) is 29.8 Å². The minimum Gasteiger partial charge on any atom is -0.508 e. The Bertz CT molecular complexity index is 246. The van der Waals surface area contributed by atoms with Gasteiger partial charge >= 0.3 is 0 Å². The van der Waals surface area contributed by atoms with E-state index in [1.54, 1.807) is 12.1 Å². The van der Waals surface area contributed by atoms with Crippen molar-refractivity contribution in [1.82, 2.24) is 5.32 Å². The highest BCUT2D eigenvalue weighted by Gasteiger charge is 2.08. The Labute approximate surface area is 78.0 Å². The minimum atomic E-state index is 0.102. The number of hydrogen-bond donors (Lipinski definition) is 3. The van der Waals surface area contributed by atoms with Crippen LogP contribution >= 0.6 is 0 Å². The smallest absolute Gasteiger partial charge is 0.115 e. The van der Waals surface area contributed by atoms with Gasteiger partial charge in [0.1, 0.15) is 5.75 Å². The van der Waals surface area contributed by atoms with E-state index >= 15 is 0 Å². The van der Waals surface area contributed by atoms with Crippen LogP contribution in [0, 0.1) is 0 Å². The van der Waals surface area contributed by atoms with Gasteiger partial charge in [0, 0.05) is 12.5 Å². The van der Waals surface area contributed by atoms with Crippen molar-refractivity contribution in [2.45, 2.75) is 5.92 Å². The number of aliphatic hydroxyl groups is 1. The molecule has 72 valence electrons. The molecule has 0 heterocycles. The molecule has 3 nitrogen and oxygen atoms in total. The Hall–Kier alpha value is -1.06. The molecule has 0 radical (unpaired) electrons. The number of hydrogen-bond acceptors (Lipinski definition) is 3. The number of nitrogens with one attached hydrogen (secondary N) is 1. The van der Waals surface area contributed by atoms with Crippen LogP contribution < -0.4 is 5.32 Å². The molecule has 0 fully saturated rings. The zero-order chi connectivity index (χ0) is 9.68. The molecule has 0 aliphatic heterocycles. The molecule has 1 unspecified atom stereocenters. The van der Waals surface area contributed by atoms with Gasteiger partial charge in [0.05, 0.1) is 6.61 Å². The Kier molecular flexibility index (Phi) is 3.73. The van der Waals surface area contributed by atoms with Gasteiger partial charge in [-0.15, -0.1) is 0 Å². The van der Waals surface area contributed by atoms with Gasteiger partial charge in [0.25, 0.3) is 0 Å².